The van der Waals surface area contributed by atoms with E-state index in [0.717, 1.165) is 65.6 Å². The highest BCUT2D eigenvalue weighted by Crippen LogP contribution is 2.47. The van der Waals surface area contributed by atoms with Crippen LogP contribution in [0, 0.1) is 0 Å². The van der Waals surface area contributed by atoms with E-state index < -0.39 is 0 Å². The van der Waals surface area contributed by atoms with Crippen LogP contribution in [0.2, 0.25) is 0 Å². The topological polar surface area (TPSA) is 65.0 Å². The van der Waals surface area contributed by atoms with Crippen molar-refractivity contribution < 1.29 is 8.83 Å². The summed E-state index contributed by atoms with van der Waals surface area (Å²) in [5, 5.41) is 11.8. The lowest BCUT2D eigenvalue weighted by molar-refractivity contribution is 0.669. The zero-order valence-corrected chi connectivity index (χ0v) is 34.3. The van der Waals surface area contributed by atoms with Crippen LogP contribution in [0.25, 0.3) is 142 Å². The zero-order chi connectivity index (χ0) is 41.2. The number of nitrogens with zero attached hydrogens (tertiary/aromatic N) is 3. The molecule has 0 spiro atoms. The lowest BCUT2D eigenvalue weighted by atomic mass is 9.88. The average Bonchev–Trinajstić information content (AvgIpc) is 4.05. The average molecular weight is 822 g/mol. The van der Waals surface area contributed by atoms with Gasteiger partial charge >= 0.3 is 0 Å². The van der Waals surface area contributed by atoms with Gasteiger partial charge in [0.15, 0.2) is 17.5 Å². The van der Waals surface area contributed by atoms with E-state index in [1.807, 2.05) is 24.3 Å². The van der Waals surface area contributed by atoms with Crippen LogP contribution in [0.1, 0.15) is 0 Å². The molecule has 63 heavy (non-hydrogen) atoms. The molecule has 292 valence electrons. The Morgan fingerprint density at radius 3 is 1.84 bits per heavy atom. The molecular formula is C57H31N3O2S. The molecule has 6 heteroatoms. The van der Waals surface area contributed by atoms with Gasteiger partial charge in [0.1, 0.15) is 22.3 Å². The molecule has 10 aromatic carbocycles. The van der Waals surface area contributed by atoms with Crippen molar-refractivity contribution >= 4 is 96.9 Å². The van der Waals surface area contributed by atoms with E-state index in [2.05, 4.69) is 164 Å². The molecule has 14 rings (SSSR count). The summed E-state index contributed by atoms with van der Waals surface area (Å²) in [7, 11) is 0. The van der Waals surface area contributed by atoms with Gasteiger partial charge in [-0.2, -0.15) is 0 Å². The first-order chi connectivity index (χ1) is 31.2. The molecule has 0 saturated heterocycles. The molecule has 0 aliphatic rings. The Bertz CT molecular complexity index is 4140. The van der Waals surface area contributed by atoms with E-state index in [1.54, 1.807) is 11.3 Å². The van der Waals surface area contributed by atoms with Crippen LogP contribution >= 0.6 is 11.3 Å². The van der Waals surface area contributed by atoms with E-state index in [9.17, 15) is 0 Å². The Morgan fingerprint density at radius 2 is 0.937 bits per heavy atom. The van der Waals surface area contributed by atoms with Crippen LogP contribution in [-0.4, -0.2) is 15.0 Å². The molecule has 0 bridgehead atoms. The summed E-state index contributed by atoms with van der Waals surface area (Å²) < 4.78 is 15.2. The van der Waals surface area contributed by atoms with Crippen molar-refractivity contribution in [2.75, 3.05) is 0 Å². The van der Waals surface area contributed by atoms with E-state index in [0.29, 0.717) is 17.5 Å². The van der Waals surface area contributed by atoms with Crippen molar-refractivity contribution in [3.8, 4) is 56.4 Å². The summed E-state index contributed by atoms with van der Waals surface area (Å²) in [5.74, 6) is 1.83. The zero-order valence-electron chi connectivity index (χ0n) is 33.5. The molecule has 0 fully saturated rings. The fourth-order valence-corrected chi connectivity index (χ4v) is 11.0. The third kappa shape index (κ3) is 5.19. The van der Waals surface area contributed by atoms with Crippen LogP contribution < -0.4 is 0 Å². The van der Waals surface area contributed by atoms with Crippen molar-refractivity contribution in [3.05, 3.63) is 188 Å². The van der Waals surface area contributed by atoms with Gasteiger partial charge in [-0.3, -0.25) is 0 Å². The van der Waals surface area contributed by atoms with Gasteiger partial charge in [0.05, 0.1) is 0 Å². The summed E-state index contributed by atoms with van der Waals surface area (Å²) in [4.78, 5) is 15.6. The van der Waals surface area contributed by atoms with Gasteiger partial charge in [0.2, 0.25) is 0 Å². The molecule has 4 aromatic heterocycles. The van der Waals surface area contributed by atoms with Crippen LogP contribution in [0.3, 0.4) is 0 Å². The number of hydrogen-bond acceptors (Lipinski definition) is 6. The minimum Gasteiger partial charge on any atom is -0.456 e. The number of hydrogen-bond donors (Lipinski definition) is 0. The second kappa shape index (κ2) is 13.2. The van der Waals surface area contributed by atoms with Crippen molar-refractivity contribution in [2.24, 2.45) is 0 Å². The molecule has 0 atom stereocenters. The molecule has 0 unspecified atom stereocenters. The second-order valence-electron chi connectivity index (χ2n) is 16.2. The summed E-state index contributed by atoms with van der Waals surface area (Å²) in [5.41, 5.74) is 10.8. The van der Waals surface area contributed by atoms with Gasteiger partial charge in [0.25, 0.3) is 0 Å². The van der Waals surface area contributed by atoms with Crippen LogP contribution in [0.15, 0.2) is 197 Å². The Balaban J connectivity index is 0.932. The molecule has 14 aromatic rings. The monoisotopic (exact) mass is 821 g/mol. The first-order valence-electron chi connectivity index (χ1n) is 21.1. The van der Waals surface area contributed by atoms with Crippen molar-refractivity contribution in [1.29, 1.82) is 0 Å². The minimum atomic E-state index is 0.589. The van der Waals surface area contributed by atoms with Crippen LogP contribution in [-0.2, 0) is 0 Å². The third-order valence-corrected chi connectivity index (χ3v) is 13.9. The van der Waals surface area contributed by atoms with E-state index in [1.165, 1.54) is 58.9 Å². The maximum Gasteiger partial charge on any atom is 0.165 e. The number of para-hydroxylation sites is 1. The highest BCUT2D eigenvalue weighted by Gasteiger charge is 2.22. The Labute approximate surface area is 363 Å². The Morgan fingerprint density at radius 1 is 0.302 bits per heavy atom. The predicted octanol–water partition coefficient (Wildman–Crippen LogP) is 16.1. The van der Waals surface area contributed by atoms with Crippen molar-refractivity contribution in [1.82, 2.24) is 15.0 Å². The van der Waals surface area contributed by atoms with Gasteiger partial charge in [-0.05, 0) is 86.9 Å². The molecule has 5 nitrogen and oxygen atoms in total. The Hall–Kier alpha value is -8.19. The smallest absolute Gasteiger partial charge is 0.165 e. The normalized spacial score (nSPS) is 12.1. The molecule has 0 aliphatic carbocycles. The van der Waals surface area contributed by atoms with Gasteiger partial charge in [0, 0.05) is 63.8 Å². The Kier molecular flexibility index (Phi) is 7.21. The van der Waals surface area contributed by atoms with Gasteiger partial charge in [-0.1, -0.05) is 140 Å². The minimum absolute atomic E-state index is 0.589. The van der Waals surface area contributed by atoms with Gasteiger partial charge < -0.3 is 8.83 Å². The third-order valence-electron chi connectivity index (χ3n) is 12.7. The molecular weight excluding hydrogens is 791 g/mol. The first kappa shape index (κ1) is 34.5. The summed E-state index contributed by atoms with van der Waals surface area (Å²) in [6.45, 7) is 0. The summed E-state index contributed by atoms with van der Waals surface area (Å²) >= 11 is 1.77. The standard InChI is InChI=1S/C57H31N3O2S/c1-2-10-33(11-3-1)37-28-29-48-53-51(37)45-30-35(24-26-38(45)42-14-9-18-47(62-48)52(42)53)32-20-22-34(23-21-32)55-58-56(36-25-27-40-39-12-4-6-17-46(39)61-49(40)31-36)60-57(59-55)44-16-8-15-43-41-13-5-7-19-50(41)63-54(43)44/h1-31H. The molecule has 0 N–H and O–H groups in total. The lowest BCUT2D eigenvalue weighted by Gasteiger charge is -2.14. The quantitative estimate of drug-likeness (QED) is 0.162. The molecule has 0 amide bonds. The summed E-state index contributed by atoms with van der Waals surface area (Å²) in [6, 6.07) is 66.2. The second-order valence-corrected chi connectivity index (χ2v) is 17.3. The van der Waals surface area contributed by atoms with Crippen molar-refractivity contribution in [3.63, 3.8) is 0 Å². The number of aromatic nitrogens is 3. The van der Waals surface area contributed by atoms with Gasteiger partial charge in [-0.25, -0.2) is 15.0 Å². The first-order valence-corrected chi connectivity index (χ1v) is 21.9. The number of rotatable bonds is 5. The molecule has 0 radical (unpaired) electrons. The fourth-order valence-electron chi connectivity index (χ4n) is 9.79. The molecule has 4 heterocycles. The summed E-state index contributed by atoms with van der Waals surface area (Å²) in [6.07, 6.45) is 0. The highest BCUT2D eigenvalue weighted by atomic mass is 32.1. The van der Waals surface area contributed by atoms with E-state index in [4.69, 9.17) is 23.8 Å². The van der Waals surface area contributed by atoms with Gasteiger partial charge in [-0.15, -0.1) is 11.3 Å². The largest absolute Gasteiger partial charge is 0.456 e. The van der Waals surface area contributed by atoms with Crippen LogP contribution in [0.4, 0.5) is 0 Å². The fraction of sp³-hybridized carbons (Fsp3) is 0. The van der Waals surface area contributed by atoms with E-state index in [-0.39, 0.29) is 0 Å². The van der Waals surface area contributed by atoms with Crippen molar-refractivity contribution in [2.45, 2.75) is 0 Å². The highest BCUT2D eigenvalue weighted by molar-refractivity contribution is 7.26. The van der Waals surface area contributed by atoms with E-state index >= 15 is 0 Å². The predicted molar refractivity (Wildman–Crippen MR) is 261 cm³/mol. The number of benzene rings is 10. The number of furan rings is 2. The number of fused-ring (bicyclic) bond motifs is 9. The maximum atomic E-state index is 6.47. The molecule has 0 aliphatic heterocycles. The van der Waals surface area contributed by atoms with Crippen LogP contribution in [0.5, 0.6) is 0 Å². The lowest BCUT2D eigenvalue weighted by Crippen LogP contribution is -2.00. The molecule has 0 saturated carbocycles. The number of thiophene rings is 1. The SMILES string of the molecule is c1ccc(-c2ccc3oc4cccc5c6ccc(-c7ccc(-c8nc(-c9ccc%10c(c9)oc9ccccc9%10)nc(-c9cccc%10c9sc9ccccc9%10)n8)cc7)cc6c2c3c45)cc1. The maximum absolute atomic E-state index is 6.47.